The fourth-order valence-electron chi connectivity index (χ4n) is 8.13. The molecule has 0 aliphatic rings. The van der Waals surface area contributed by atoms with E-state index in [-0.39, 0.29) is 25.5 Å². The van der Waals surface area contributed by atoms with E-state index in [0.29, 0.717) is 12.8 Å². The Morgan fingerprint density at radius 2 is 0.493 bits per heavy atom. The van der Waals surface area contributed by atoms with Crippen LogP contribution < -0.4 is 12.3 Å². The Balaban J connectivity index is -0.000000322. The van der Waals surface area contributed by atoms with Crippen LogP contribution in [0.4, 0.5) is 0 Å². The third kappa shape index (κ3) is 64.0. The van der Waals surface area contributed by atoms with E-state index in [1.165, 1.54) is 205 Å². The molecule has 2 unspecified atom stereocenters. The summed E-state index contributed by atoms with van der Waals surface area (Å²) in [4.78, 5) is 44.2. The predicted octanol–water partition coefficient (Wildman–Crippen LogP) is 15.5. The Labute approximate surface area is 458 Å². The maximum absolute atomic E-state index is 11.6. The highest BCUT2D eigenvalue weighted by molar-refractivity contribution is 7.87. The summed E-state index contributed by atoms with van der Waals surface area (Å²) in [7, 11) is -9.56. The number of hydrogen-bond acceptors (Lipinski definition) is 13. The van der Waals surface area contributed by atoms with Crippen LogP contribution in [0.2, 0.25) is 0 Å². The summed E-state index contributed by atoms with van der Waals surface area (Å²) in [6.45, 7) is 11.0. The minimum atomic E-state index is -4.78. The van der Waals surface area contributed by atoms with Gasteiger partial charge in [-0.2, -0.15) is 16.8 Å². The topological polar surface area (TPSA) is 315 Å². The van der Waals surface area contributed by atoms with E-state index in [1.54, 1.807) is 0 Å². The van der Waals surface area contributed by atoms with E-state index in [0.717, 1.165) is 51.7 Å². The van der Waals surface area contributed by atoms with Gasteiger partial charge in [-0.3, -0.25) is 28.3 Å². The van der Waals surface area contributed by atoms with Crippen LogP contribution in [0.25, 0.3) is 0 Å². The molecule has 0 bridgehead atoms. The number of carboxylic acid groups (broad SMARTS) is 2. The molecule has 19 heteroatoms. The molecule has 2 atom stereocenters. The van der Waals surface area contributed by atoms with Crippen molar-refractivity contribution in [2.24, 2.45) is 0 Å². The van der Waals surface area contributed by atoms with Crippen LogP contribution in [-0.2, 0) is 53.6 Å². The summed E-state index contributed by atoms with van der Waals surface area (Å²) >= 11 is 0. The average Bonchev–Trinajstić information content (AvgIpc) is 3.33. The van der Waals surface area contributed by atoms with Gasteiger partial charge in [-0.05, 0) is 25.7 Å². The summed E-state index contributed by atoms with van der Waals surface area (Å²) in [6.07, 6.45) is 48.3. The zero-order valence-electron chi connectivity index (χ0n) is 48.2. The summed E-state index contributed by atoms with van der Waals surface area (Å²) in [5.74, 6) is -5.41. The summed E-state index contributed by atoms with van der Waals surface area (Å²) < 4.78 is 77.1. The summed E-state index contributed by atoms with van der Waals surface area (Å²) in [5, 5.41) is 13.0. The van der Waals surface area contributed by atoms with Crippen molar-refractivity contribution in [1.82, 2.24) is 12.3 Å². The van der Waals surface area contributed by atoms with Crippen molar-refractivity contribution in [2.45, 2.75) is 308 Å². The fraction of sp³-hybridized carbons (Fsp3) is 0.929. The lowest BCUT2D eigenvalue weighted by molar-refractivity contribution is -0.147. The lowest BCUT2D eigenvalue weighted by Gasteiger charge is -2.11. The molecule has 0 fully saturated rings. The molecule has 17 nitrogen and oxygen atoms in total. The van der Waals surface area contributed by atoms with Crippen LogP contribution in [0.5, 0.6) is 0 Å². The third-order valence-electron chi connectivity index (χ3n) is 12.7. The third-order valence-corrected chi connectivity index (χ3v) is 14.9. The molecule has 0 aliphatic heterocycles. The number of carbonyl (C=O) groups excluding carboxylic acids is 2. The Hall–Kier alpha value is -2.42. The molecule has 0 heterocycles. The molecule has 0 aromatic heterocycles. The molecular weight excluding hydrogens is 1000 g/mol. The van der Waals surface area contributed by atoms with Gasteiger partial charge >= 0.3 is 23.9 Å². The van der Waals surface area contributed by atoms with Crippen LogP contribution in [0.15, 0.2) is 0 Å². The number of carboxylic acids is 2. The first-order valence-corrected chi connectivity index (χ1v) is 32.3. The molecule has 0 rings (SSSR count). The highest BCUT2D eigenvalue weighted by Gasteiger charge is 2.36. The van der Waals surface area contributed by atoms with Gasteiger partial charge in [0.2, 0.25) is 0 Å². The van der Waals surface area contributed by atoms with Gasteiger partial charge in [0.1, 0.15) is 0 Å². The van der Waals surface area contributed by atoms with E-state index in [9.17, 15) is 36.0 Å². The van der Waals surface area contributed by atoms with Crippen LogP contribution in [0.3, 0.4) is 0 Å². The van der Waals surface area contributed by atoms with E-state index in [2.05, 4.69) is 27.7 Å². The smallest absolute Gasteiger partial charge is 0.327 e. The lowest BCUT2D eigenvalue weighted by atomic mass is 10.1. The molecule has 75 heavy (non-hydrogen) atoms. The standard InChI is InChI=1S/C24H50O.2C16H30O7S.2H3N/c1-3-5-7-9-11-13-15-17-19-21-23-25-24-22-20-18-16-14-12-10-8-6-4-2;2*1-2-3-4-5-6-7-8-9-10-11-12-23-16(19)14(13-15(17)18)24(20,21)22;;/h3-24H2,1-2H3;2*14H,2-13H2,1H3,(H,17,18)(H,20,21,22);2*1H3. The minimum Gasteiger partial charge on any atom is -0.481 e. The van der Waals surface area contributed by atoms with Gasteiger partial charge in [-0.1, -0.05) is 259 Å². The molecule has 0 saturated heterocycles. The maximum atomic E-state index is 11.6. The van der Waals surface area contributed by atoms with Crippen molar-refractivity contribution >= 4 is 44.1 Å². The van der Waals surface area contributed by atoms with Crippen LogP contribution in [0, 0.1) is 0 Å². The number of ether oxygens (including phenoxy) is 3. The molecule has 0 aromatic carbocycles. The van der Waals surface area contributed by atoms with Gasteiger partial charge in [0.15, 0.2) is 10.5 Å². The normalized spacial score (nSPS) is 11.9. The Morgan fingerprint density at radius 3 is 0.667 bits per heavy atom. The summed E-state index contributed by atoms with van der Waals surface area (Å²) in [6, 6.07) is 0. The molecule has 0 aromatic rings. The zero-order chi connectivity index (χ0) is 55.1. The van der Waals surface area contributed by atoms with E-state index in [4.69, 9.17) is 33.5 Å². The molecule has 0 aliphatic carbocycles. The number of hydrogen-bond donors (Lipinski definition) is 6. The Bertz CT molecular complexity index is 1380. The minimum absolute atomic E-state index is 0. The predicted molar refractivity (Wildman–Crippen MR) is 305 cm³/mol. The maximum Gasteiger partial charge on any atom is 0.327 e. The second-order valence-corrected chi connectivity index (χ2v) is 23.1. The van der Waals surface area contributed by atoms with Crippen molar-refractivity contribution in [3.8, 4) is 0 Å². The zero-order valence-corrected chi connectivity index (χ0v) is 49.8. The van der Waals surface area contributed by atoms with Gasteiger partial charge in [0.25, 0.3) is 20.2 Å². The number of unbranched alkanes of at least 4 members (excludes halogenated alkanes) is 36. The van der Waals surface area contributed by atoms with Gasteiger partial charge < -0.3 is 36.7 Å². The van der Waals surface area contributed by atoms with Gasteiger partial charge in [0, 0.05) is 13.2 Å². The second kappa shape index (κ2) is 60.8. The molecule has 0 amide bonds. The van der Waals surface area contributed by atoms with Gasteiger partial charge in [-0.15, -0.1) is 0 Å². The van der Waals surface area contributed by atoms with E-state index in [1.807, 2.05) is 0 Å². The summed E-state index contributed by atoms with van der Waals surface area (Å²) in [5.41, 5.74) is 0. The number of rotatable bonds is 52. The van der Waals surface area contributed by atoms with E-state index >= 15 is 0 Å². The Morgan fingerprint density at radius 1 is 0.320 bits per heavy atom. The molecule has 0 radical (unpaired) electrons. The van der Waals surface area contributed by atoms with Crippen molar-refractivity contribution in [2.75, 3.05) is 26.4 Å². The van der Waals surface area contributed by atoms with Gasteiger partial charge in [-0.25, -0.2) is 0 Å². The molecular formula is C56H116N2O15S2. The van der Waals surface area contributed by atoms with Crippen molar-refractivity contribution in [1.29, 1.82) is 0 Å². The first kappa shape index (κ1) is 81.4. The highest BCUT2D eigenvalue weighted by atomic mass is 32.2. The lowest BCUT2D eigenvalue weighted by Crippen LogP contribution is -2.34. The fourth-order valence-corrected chi connectivity index (χ4v) is 9.46. The monoisotopic (exact) mass is 1120 g/mol. The van der Waals surface area contributed by atoms with E-state index < -0.39 is 67.5 Å². The average molecular weight is 1120 g/mol. The quantitative estimate of drug-likeness (QED) is 0.0187. The van der Waals surface area contributed by atoms with Crippen molar-refractivity contribution < 1.29 is 69.5 Å². The Kier molecular flexibility index (Phi) is 66.0. The number of esters is 2. The number of carbonyl (C=O) groups is 4. The molecule has 0 spiro atoms. The van der Waals surface area contributed by atoms with Crippen molar-refractivity contribution in [3.63, 3.8) is 0 Å². The molecule has 0 saturated carbocycles. The highest BCUT2D eigenvalue weighted by Crippen LogP contribution is 2.16. The second-order valence-electron chi connectivity index (χ2n) is 19.9. The first-order valence-electron chi connectivity index (χ1n) is 29.3. The number of aliphatic carboxylic acids is 2. The largest absolute Gasteiger partial charge is 0.481 e. The van der Waals surface area contributed by atoms with Crippen LogP contribution >= 0.6 is 0 Å². The van der Waals surface area contributed by atoms with Crippen LogP contribution in [-0.4, -0.2) is 97.0 Å². The van der Waals surface area contributed by atoms with Crippen molar-refractivity contribution in [3.05, 3.63) is 0 Å². The first-order chi connectivity index (χ1) is 35.0. The van der Waals surface area contributed by atoms with Crippen LogP contribution in [0.1, 0.15) is 297 Å². The molecule has 452 valence electrons. The molecule has 10 N–H and O–H groups in total. The van der Waals surface area contributed by atoms with Gasteiger partial charge in [0.05, 0.1) is 26.1 Å². The SMILES string of the molecule is CCCCCCCCCCCCOC(=O)C(CC(=O)O)S(=O)(=O)O.CCCCCCCCCCCCOC(=O)C(CC(=O)O)S(=O)(=O)O.CCCCCCCCCCCCOCCCCCCCCCCCC.N.N.